The Morgan fingerprint density at radius 1 is 0.870 bits per heavy atom. The van der Waals surface area contributed by atoms with Gasteiger partial charge in [0.05, 0.1) is 11.8 Å². The molecule has 0 unspecified atom stereocenters. The predicted octanol–water partition coefficient (Wildman–Crippen LogP) is 4.80. The molecule has 4 nitrogen and oxygen atoms in total. The molecule has 0 saturated carbocycles. The van der Waals surface area contributed by atoms with Crippen molar-refractivity contribution in [1.29, 1.82) is 0 Å². The van der Waals surface area contributed by atoms with Gasteiger partial charge in [0.15, 0.2) is 5.76 Å². The van der Waals surface area contributed by atoms with E-state index in [2.05, 4.69) is 10.1 Å². The van der Waals surface area contributed by atoms with Gasteiger partial charge in [0.25, 0.3) is 0 Å². The van der Waals surface area contributed by atoms with Gasteiger partial charge in [-0.2, -0.15) is 0 Å². The fourth-order valence-electron chi connectivity index (χ4n) is 2.46. The Balaban J connectivity index is 1.96. The lowest BCUT2D eigenvalue weighted by Crippen LogP contribution is -1.85. The normalized spacial score (nSPS) is 10.8. The molecular weight excluding hydrogens is 295 g/mol. The summed E-state index contributed by atoms with van der Waals surface area (Å²) in [5.41, 5.74) is 3.07. The van der Waals surface area contributed by atoms with Gasteiger partial charge in [-0.05, 0) is 42.0 Å². The van der Waals surface area contributed by atoms with Crippen molar-refractivity contribution in [2.45, 2.75) is 0 Å². The molecule has 0 radical (unpaired) electrons. The van der Waals surface area contributed by atoms with E-state index >= 15 is 0 Å². The highest BCUT2D eigenvalue weighted by Crippen LogP contribution is 2.39. The molecule has 0 fully saturated rings. The molecular formula is C18H11FN2O2. The number of rotatable bonds is 3. The molecule has 0 aliphatic rings. The van der Waals surface area contributed by atoms with Crippen LogP contribution in [0, 0.1) is 5.82 Å². The molecule has 4 rings (SSSR count). The van der Waals surface area contributed by atoms with Gasteiger partial charge in [-0.25, -0.2) is 4.39 Å². The average molecular weight is 306 g/mol. The van der Waals surface area contributed by atoms with E-state index in [-0.39, 0.29) is 5.82 Å². The second-order valence-electron chi connectivity index (χ2n) is 4.96. The lowest BCUT2D eigenvalue weighted by molar-refractivity contribution is 0.420. The van der Waals surface area contributed by atoms with Crippen LogP contribution in [0.4, 0.5) is 4.39 Å². The van der Waals surface area contributed by atoms with Crippen LogP contribution >= 0.6 is 0 Å². The summed E-state index contributed by atoms with van der Waals surface area (Å²) in [7, 11) is 0. The molecule has 5 heteroatoms. The van der Waals surface area contributed by atoms with Crippen molar-refractivity contribution in [2.75, 3.05) is 0 Å². The van der Waals surface area contributed by atoms with Gasteiger partial charge in [-0.3, -0.25) is 4.98 Å². The number of furan rings is 1. The number of halogens is 1. The molecule has 0 atom stereocenters. The minimum absolute atomic E-state index is 0.296. The third-order valence-electron chi connectivity index (χ3n) is 3.52. The quantitative estimate of drug-likeness (QED) is 0.545. The Morgan fingerprint density at radius 3 is 2.35 bits per heavy atom. The van der Waals surface area contributed by atoms with Crippen LogP contribution in [-0.2, 0) is 0 Å². The van der Waals surface area contributed by atoms with Gasteiger partial charge in [-0.15, -0.1) is 0 Å². The van der Waals surface area contributed by atoms with Crippen LogP contribution in [0.25, 0.3) is 33.9 Å². The number of hydrogen-bond donors (Lipinski definition) is 0. The van der Waals surface area contributed by atoms with Gasteiger partial charge < -0.3 is 8.94 Å². The summed E-state index contributed by atoms with van der Waals surface area (Å²) in [6, 6.07) is 13.5. The van der Waals surface area contributed by atoms with E-state index in [1.54, 1.807) is 42.9 Å². The largest absolute Gasteiger partial charge is 0.461 e. The summed E-state index contributed by atoms with van der Waals surface area (Å²) in [5, 5.41) is 4.18. The Kier molecular flexibility index (Phi) is 3.24. The van der Waals surface area contributed by atoms with E-state index in [4.69, 9.17) is 8.94 Å². The zero-order valence-corrected chi connectivity index (χ0v) is 11.9. The SMILES string of the molecule is Fc1ccc(-c2c(-c3ccncc3)noc2-c2ccco2)cc1. The maximum absolute atomic E-state index is 13.3. The summed E-state index contributed by atoms with van der Waals surface area (Å²) < 4.78 is 24.2. The van der Waals surface area contributed by atoms with Crippen LogP contribution in [0.2, 0.25) is 0 Å². The van der Waals surface area contributed by atoms with Gasteiger partial charge in [0.2, 0.25) is 5.76 Å². The smallest absolute Gasteiger partial charge is 0.210 e. The summed E-state index contributed by atoms with van der Waals surface area (Å²) in [6.07, 6.45) is 4.94. The molecule has 0 saturated heterocycles. The van der Waals surface area contributed by atoms with E-state index < -0.39 is 0 Å². The van der Waals surface area contributed by atoms with Crippen LogP contribution in [0.15, 0.2) is 76.1 Å². The van der Waals surface area contributed by atoms with Crippen LogP contribution < -0.4 is 0 Å². The topological polar surface area (TPSA) is 52.1 Å². The Hall–Kier alpha value is -3.21. The van der Waals surface area contributed by atoms with Crippen molar-refractivity contribution in [1.82, 2.24) is 10.1 Å². The standard InChI is InChI=1S/C18H11FN2O2/c19-14-5-3-12(4-6-14)16-17(13-7-9-20-10-8-13)21-23-18(16)15-2-1-11-22-15/h1-11H. The van der Waals surface area contributed by atoms with E-state index in [0.717, 1.165) is 16.7 Å². The number of pyridine rings is 1. The molecule has 112 valence electrons. The van der Waals surface area contributed by atoms with Crippen molar-refractivity contribution in [3.63, 3.8) is 0 Å². The van der Waals surface area contributed by atoms with Crippen LogP contribution in [0.5, 0.6) is 0 Å². The fourth-order valence-corrected chi connectivity index (χ4v) is 2.46. The lowest BCUT2D eigenvalue weighted by atomic mass is 9.99. The molecule has 3 aromatic heterocycles. The first-order chi connectivity index (χ1) is 11.3. The maximum Gasteiger partial charge on any atom is 0.210 e. The molecule has 0 N–H and O–H groups in total. The van der Waals surface area contributed by atoms with E-state index in [1.165, 1.54) is 12.1 Å². The molecule has 23 heavy (non-hydrogen) atoms. The minimum atomic E-state index is -0.296. The van der Waals surface area contributed by atoms with E-state index in [9.17, 15) is 4.39 Å². The second-order valence-corrected chi connectivity index (χ2v) is 4.96. The highest BCUT2D eigenvalue weighted by molar-refractivity contribution is 5.89. The first-order valence-electron chi connectivity index (χ1n) is 7.03. The molecule has 1 aromatic carbocycles. The molecule has 0 bridgehead atoms. The van der Waals surface area contributed by atoms with Gasteiger partial charge in [-0.1, -0.05) is 17.3 Å². The second kappa shape index (κ2) is 5.53. The average Bonchev–Trinajstić information content (AvgIpc) is 3.25. The van der Waals surface area contributed by atoms with Crippen molar-refractivity contribution in [3.05, 3.63) is 73.0 Å². The third kappa shape index (κ3) is 2.42. The Labute approximate surface area is 131 Å². The molecule has 0 aliphatic heterocycles. The zero-order valence-electron chi connectivity index (χ0n) is 11.9. The van der Waals surface area contributed by atoms with Crippen LogP contribution in [0.3, 0.4) is 0 Å². The van der Waals surface area contributed by atoms with Crippen LogP contribution in [0.1, 0.15) is 0 Å². The minimum Gasteiger partial charge on any atom is -0.461 e. The first kappa shape index (κ1) is 13.5. The molecule has 0 amide bonds. The molecule has 0 spiro atoms. The summed E-state index contributed by atoms with van der Waals surface area (Å²) >= 11 is 0. The Morgan fingerprint density at radius 2 is 1.65 bits per heavy atom. The van der Waals surface area contributed by atoms with Gasteiger partial charge in [0, 0.05) is 18.0 Å². The first-order valence-corrected chi connectivity index (χ1v) is 7.03. The van der Waals surface area contributed by atoms with Crippen molar-refractivity contribution in [2.24, 2.45) is 0 Å². The highest BCUT2D eigenvalue weighted by atomic mass is 19.1. The lowest BCUT2D eigenvalue weighted by Gasteiger charge is -2.03. The van der Waals surface area contributed by atoms with Crippen molar-refractivity contribution < 1.29 is 13.3 Å². The number of benzene rings is 1. The highest BCUT2D eigenvalue weighted by Gasteiger charge is 2.22. The van der Waals surface area contributed by atoms with Crippen molar-refractivity contribution in [3.8, 4) is 33.9 Å². The van der Waals surface area contributed by atoms with Gasteiger partial charge >= 0.3 is 0 Å². The maximum atomic E-state index is 13.3. The van der Waals surface area contributed by atoms with E-state index in [1.807, 2.05) is 12.1 Å². The van der Waals surface area contributed by atoms with Crippen molar-refractivity contribution >= 4 is 0 Å². The summed E-state index contributed by atoms with van der Waals surface area (Å²) in [5.74, 6) is 0.778. The van der Waals surface area contributed by atoms with Gasteiger partial charge in [0.1, 0.15) is 11.5 Å². The molecule has 0 aliphatic carbocycles. The fraction of sp³-hybridized carbons (Fsp3) is 0. The molecule has 3 heterocycles. The predicted molar refractivity (Wildman–Crippen MR) is 82.8 cm³/mol. The monoisotopic (exact) mass is 306 g/mol. The Bertz CT molecular complexity index is 914. The summed E-state index contributed by atoms with van der Waals surface area (Å²) in [4.78, 5) is 4.02. The number of aromatic nitrogens is 2. The zero-order chi connectivity index (χ0) is 15.6. The van der Waals surface area contributed by atoms with E-state index in [0.29, 0.717) is 17.2 Å². The third-order valence-corrected chi connectivity index (χ3v) is 3.52. The molecule has 4 aromatic rings. The summed E-state index contributed by atoms with van der Waals surface area (Å²) in [6.45, 7) is 0. The number of nitrogens with zero attached hydrogens (tertiary/aromatic N) is 2. The van der Waals surface area contributed by atoms with Crippen LogP contribution in [-0.4, -0.2) is 10.1 Å². The number of hydrogen-bond acceptors (Lipinski definition) is 4.